The van der Waals surface area contributed by atoms with Crippen LogP contribution in [0, 0.1) is 6.92 Å². The molecule has 3 N–H and O–H groups in total. The molecule has 2 aromatic carbocycles. The Balaban J connectivity index is 1.84. The number of nitrogen functional groups attached to an aromatic ring is 1. The summed E-state index contributed by atoms with van der Waals surface area (Å²) in [5.41, 5.74) is 10.6. The van der Waals surface area contributed by atoms with Crippen LogP contribution >= 0.6 is 11.5 Å². The van der Waals surface area contributed by atoms with E-state index in [-0.39, 0.29) is 0 Å². The molecular weight excluding hydrogens is 278 g/mol. The van der Waals surface area contributed by atoms with Crippen molar-refractivity contribution < 1.29 is 0 Å². The topological polar surface area (TPSA) is 50.9 Å². The number of hydrogen-bond acceptors (Lipinski definition) is 4. The lowest BCUT2D eigenvalue weighted by Crippen LogP contribution is -1.99. The lowest BCUT2D eigenvalue weighted by atomic mass is 10.1. The molecule has 21 heavy (non-hydrogen) atoms. The average molecular weight is 295 g/mol. The second-order valence-corrected chi connectivity index (χ2v) is 5.75. The van der Waals surface area contributed by atoms with E-state index in [0.29, 0.717) is 5.82 Å². The van der Waals surface area contributed by atoms with Gasteiger partial charge in [-0.2, -0.15) is 4.37 Å². The van der Waals surface area contributed by atoms with E-state index in [9.17, 15) is 0 Å². The van der Waals surface area contributed by atoms with Crippen LogP contribution in [0.3, 0.4) is 0 Å². The molecule has 3 nitrogen and oxygen atoms in total. The molecule has 0 bridgehead atoms. The Labute approximate surface area is 128 Å². The molecule has 0 unspecified atom stereocenters. The van der Waals surface area contributed by atoms with Gasteiger partial charge in [-0.15, -0.1) is 0 Å². The number of hydrogen-bond donors (Lipinski definition) is 2. The minimum atomic E-state index is 0.581. The summed E-state index contributed by atoms with van der Waals surface area (Å²) in [4.78, 5) is 0. The summed E-state index contributed by atoms with van der Waals surface area (Å²) in [6.07, 6.45) is 0. The number of nitrogens with one attached hydrogen (secondary N) is 1. The van der Waals surface area contributed by atoms with Gasteiger partial charge in [-0.25, -0.2) is 0 Å². The molecule has 4 heteroatoms. The number of aromatic nitrogens is 1. The van der Waals surface area contributed by atoms with Gasteiger partial charge >= 0.3 is 0 Å². The molecule has 0 saturated heterocycles. The van der Waals surface area contributed by atoms with Crippen LogP contribution in [0.25, 0.3) is 11.1 Å². The van der Waals surface area contributed by atoms with Gasteiger partial charge in [-0.1, -0.05) is 60.2 Å². The van der Waals surface area contributed by atoms with Gasteiger partial charge in [0.1, 0.15) is 10.8 Å². The van der Waals surface area contributed by atoms with E-state index in [1.54, 1.807) is 0 Å². The van der Waals surface area contributed by atoms with Crippen LogP contribution in [0.5, 0.6) is 0 Å². The molecule has 106 valence electrons. The van der Waals surface area contributed by atoms with E-state index in [1.165, 1.54) is 22.7 Å². The van der Waals surface area contributed by atoms with Crippen LogP contribution in [-0.2, 0) is 6.54 Å². The first-order chi connectivity index (χ1) is 10.2. The zero-order valence-electron chi connectivity index (χ0n) is 11.8. The van der Waals surface area contributed by atoms with E-state index in [4.69, 9.17) is 5.73 Å². The fourth-order valence-corrected chi connectivity index (χ4v) is 3.04. The summed E-state index contributed by atoms with van der Waals surface area (Å²) in [5.74, 6) is 0.581. The first kappa shape index (κ1) is 13.6. The van der Waals surface area contributed by atoms with Crippen LogP contribution in [0.4, 0.5) is 10.8 Å². The Morgan fingerprint density at radius 1 is 1.10 bits per heavy atom. The Morgan fingerprint density at radius 3 is 2.67 bits per heavy atom. The van der Waals surface area contributed by atoms with Gasteiger partial charge in [0, 0.05) is 6.54 Å². The molecule has 0 spiro atoms. The van der Waals surface area contributed by atoms with Gasteiger partial charge in [-0.3, -0.25) is 0 Å². The zero-order valence-corrected chi connectivity index (χ0v) is 12.7. The number of rotatable bonds is 4. The summed E-state index contributed by atoms with van der Waals surface area (Å²) in [7, 11) is 0. The Morgan fingerprint density at radius 2 is 1.90 bits per heavy atom. The van der Waals surface area contributed by atoms with E-state index in [1.807, 2.05) is 18.2 Å². The molecule has 0 aliphatic heterocycles. The quantitative estimate of drug-likeness (QED) is 0.754. The molecule has 1 heterocycles. The number of benzene rings is 2. The highest BCUT2D eigenvalue weighted by molar-refractivity contribution is 7.11. The highest BCUT2D eigenvalue weighted by Crippen LogP contribution is 2.36. The number of nitrogens with zero attached hydrogens (tertiary/aromatic N) is 1. The summed E-state index contributed by atoms with van der Waals surface area (Å²) < 4.78 is 4.28. The molecule has 0 radical (unpaired) electrons. The minimum Gasteiger partial charge on any atom is -0.382 e. The minimum absolute atomic E-state index is 0.581. The van der Waals surface area contributed by atoms with Gasteiger partial charge < -0.3 is 11.1 Å². The van der Waals surface area contributed by atoms with Crippen molar-refractivity contribution in [2.75, 3.05) is 11.1 Å². The van der Waals surface area contributed by atoms with Crippen LogP contribution in [0.1, 0.15) is 11.1 Å². The SMILES string of the molecule is Cc1cccc(CNc2snc(N)c2-c2ccccc2)c1. The monoisotopic (exact) mass is 295 g/mol. The molecule has 0 aliphatic carbocycles. The fourth-order valence-electron chi connectivity index (χ4n) is 2.31. The van der Waals surface area contributed by atoms with Crippen molar-refractivity contribution in [1.82, 2.24) is 4.37 Å². The molecule has 0 saturated carbocycles. The predicted molar refractivity (Wildman–Crippen MR) is 90.5 cm³/mol. The molecule has 1 aromatic heterocycles. The molecule has 0 atom stereocenters. The molecule has 0 amide bonds. The standard InChI is InChI=1S/C17H17N3S/c1-12-6-5-7-13(10-12)11-19-17-15(16(18)20-21-17)14-8-3-2-4-9-14/h2-10,19H,11H2,1H3,(H2,18,20). The molecular formula is C17H17N3S. The first-order valence-corrected chi connectivity index (χ1v) is 7.61. The van der Waals surface area contributed by atoms with Crippen LogP contribution in [0.2, 0.25) is 0 Å². The largest absolute Gasteiger partial charge is 0.382 e. The third-order valence-corrected chi connectivity index (χ3v) is 4.14. The molecule has 3 aromatic rings. The van der Waals surface area contributed by atoms with E-state index in [2.05, 4.69) is 53.0 Å². The Hall–Kier alpha value is -2.33. The third kappa shape index (κ3) is 3.06. The van der Waals surface area contributed by atoms with E-state index < -0.39 is 0 Å². The second-order valence-electron chi connectivity index (χ2n) is 4.98. The van der Waals surface area contributed by atoms with Crippen LogP contribution in [-0.4, -0.2) is 4.37 Å². The van der Waals surface area contributed by atoms with Gasteiger partial charge in [0.15, 0.2) is 0 Å². The van der Waals surface area contributed by atoms with Gasteiger partial charge in [-0.05, 0) is 29.6 Å². The van der Waals surface area contributed by atoms with Gasteiger partial charge in [0.25, 0.3) is 0 Å². The van der Waals surface area contributed by atoms with Crippen molar-refractivity contribution in [1.29, 1.82) is 0 Å². The van der Waals surface area contributed by atoms with Crippen molar-refractivity contribution in [2.24, 2.45) is 0 Å². The Kier molecular flexibility index (Phi) is 3.88. The van der Waals surface area contributed by atoms with Crippen molar-refractivity contribution >= 4 is 22.4 Å². The molecule has 3 rings (SSSR count). The maximum atomic E-state index is 6.03. The van der Waals surface area contributed by atoms with Crippen LogP contribution < -0.4 is 11.1 Å². The summed E-state index contributed by atoms with van der Waals surface area (Å²) >= 11 is 1.41. The Bertz CT molecular complexity index is 735. The van der Waals surface area contributed by atoms with E-state index in [0.717, 1.165) is 22.7 Å². The van der Waals surface area contributed by atoms with Gasteiger partial charge in [0.05, 0.1) is 5.56 Å². The predicted octanol–water partition coefficient (Wildman–Crippen LogP) is 4.31. The fraction of sp³-hybridized carbons (Fsp3) is 0.118. The maximum Gasteiger partial charge on any atom is 0.147 e. The summed E-state index contributed by atoms with van der Waals surface area (Å²) in [6, 6.07) is 18.6. The first-order valence-electron chi connectivity index (χ1n) is 6.84. The second kappa shape index (κ2) is 5.97. The average Bonchev–Trinajstić information content (AvgIpc) is 2.87. The number of nitrogens with two attached hydrogens (primary N) is 1. The lowest BCUT2D eigenvalue weighted by molar-refractivity contribution is 1.15. The van der Waals surface area contributed by atoms with Crippen molar-refractivity contribution in [3.63, 3.8) is 0 Å². The van der Waals surface area contributed by atoms with E-state index >= 15 is 0 Å². The van der Waals surface area contributed by atoms with Crippen LogP contribution in [0.15, 0.2) is 54.6 Å². The summed E-state index contributed by atoms with van der Waals surface area (Å²) in [5, 5.41) is 4.47. The molecule has 0 fully saturated rings. The number of aryl methyl sites for hydroxylation is 1. The third-order valence-electron chi connectivity index (χ3n) is 3.32. The lowest BCUT2D eigenvalue weighted by Gasteiger charge is -2.08. The highest BCUT2D eigenvalue weighted by Gasteiger charge is 2.13. The maximum absolute atomic E-state index is 6.03. The smallest absolute Gasteiger partial charge is 0.147 e. The van der Waals surface area contributed by atoms with Crippen molar-refractivity contribution in [3.05, 3.63) is 65.7 Å². The normalized spacial score (nSPS) is 10.5. The highest BCUT2D eigenvalue weighted by atomic mass is 32.1. The number of anilines is 2. The van der Waals surface area contributed by atoms with Gasteiger partial charge in [0.2, 0.25) is 0 Å². The zero-order chi connectivity index (χ0) is 14.7. The molecule has 0 aliphatic rings. The summed E-state index contributed by atoms with van der Waals surface area (Å²) in [6.45, 7) is 2.87. The van der Waals surface area contributed by atoms with Crippen molar-refractivity contribution in [2.45, 2.75) is 13.5 Å². The van der Waals surface area contributed by atoms with Crippen molar-refractivity contribution in [3.8, 4) is 11.1 Å².